The molecule has 1 aromatic rings. The van der Waals surface area contributed by atoms with E-state index in [4.69, 9.17) is 0 Å². The molecule has 17 heavy (non-hydrogen) atoms. The Balaban J connectivity index is 2.06. The lowest BCUT2D eigenvalue weighted by atomic mass is 10.1. The van der Waals surface area contributed by atoms with Gasteiger partial charge in [-0.1, -0.05) is 0 Å². The Bertz CT molecular complexity index is 349. The average Bonchev–Trinajstić information content (AvgIpc) is 2.40. The summed E-state index contributed by atoms with van der Waals surface area (Å²) in [6.07, 6.45) is 3.99. The molecule has 0 spiro atoms. The topological polar surface area (TPSA) is 53.1 Å². The Hall–Kier alpha value is -1.36. The van der Waals surface area contributed by atoms with Crippen molar-refractivity contribution in [1.29, 1.82) is 0 Å². The van der Waals surface area contributed by atoms with Gasteiger partial charge in [-0.25, -0.2) is 9.97 Å². The molecule has 1 saturated heterocycles. The number of nitrogens with one attached hydrogen (secondary N) is 2. The standard InChI is InChI=1S/C12H21N5/c1-3-14-11-8-12(16-9-15-11)17(2)10-4-6-13-7-5-10/h8-10,13H,3-7H2,1-2H3,(H,14,15,16). The summed E-state index contributed by atoms with van der Waals surface area (Å²) in [6.45, 7) is 5.14. The first kappa shape index (κ1) is 12.1. The first-order chi connectivity index (χ1) is 8.31. The summed E-state index contributed by atoms with van der Waals surface area (Å²) in [6, 6.07) is 2.60. The lowest BCUT2D eigenvalue weighted by molar-refractivity contribution is 0.441. The Morgan fingerprint density at radius 1 is 1.41 bits per heavy atom. The number of anilines is 2. The number of nitrogens with zero attached hydrogens (tertiary/aromatic N) is 3. The van der Waals surface area contributed by atoms with Crippen LogP contribution in [0.25, 0.3) is 0 Å². The highest BCUT2D eigenvalue weighted by molar-refractivity contribution is 5.48. The lowest BCUT2D eigenvalue weighted by Gasteiger charge is -2.32. The van der Waals surface area contributed by atoms with Crippen LogP contribution in [0.3, 0.4) is 0 Å². The van der Waals surface area contributed by atoms with Crippen LogP contribution in [0.15, 0.2) is 12.4 Å². The molecule has 5 heteroatoms. The van der Waals surface area contributed by atoms with Gasteiger partial charge in [-0.05, 0) is 32.9 Å². The van der Waals surface area contributed by atoms with Gasteiger partial charge in [0.2, 0.25) is 0 Å². The van der Waals surface area contributed by atoms with Crippen LogP contribution in [0.5, 0.6) is 0 Å². The lowest BCUT2D eigenvalue weighted by Crippen LogP contribution is -2.41. The zero-order chi connectivity index (χ0) is 12.1. The molecular weight excluding hydrogens is 214 g/mol. The Morgan fingerprint density at radius 3 is 2.88 bits per heavy atom. The van der Waals surface area contributed by atoms with E-state index in [1.54, 1.807) is 6.33 Å². The molecule has 0 amide bonds. The second-order valence-electron chi connectivity index (χ2n) is 4.38. The molecule has 0 radical (unpaired) electrons. The summed E-state index contributed by atoms with van der Waals surface area (Å²) in [7, 11) is 2.12. The molecule has 94 valence electrons. The van der Waals surface area contributed by atoms with Crippen molar-refractivity contribution in [3.8, 4) is 0 Å². The summed E-state index contributed by atoms with van der Waals surface area (Å²) >= 11 is 0. The third kappa shape index (κ3) is 3.06. The van der Waals surface area contributed by atoms with Gasteiger partial charge in [0.25, 0.3) is 0 Å². The number of hydrogen-bond acceptors (Lipinski definition) is 5. The Labute approximate surface area is 103 Å². The number of rotatable bonds is 4. The van der Waals surface area contributed by atoms with Gasteiger partial charge in [-0.3, -0.25) is 0 Å². The third-order valence-electron chi connectivity index (χ3n) is 3.23. The monoisotopic (exact) mass is 235 g/mol. The SMILES string of the molecule is CCNc1cc(N(C)C2CCNCC2)ncn1. The molecule has 2 rings (SSSR count). The van der Waals surface area contributed by atoms with E-state index in [-0.39, 0.29) is 0 Å². The van der Waals surface area contributed by atoms with Crippen molar-refractivity contribution in [2.75, 3.05) is 36.9 Å². The van der Waals surface area contributed by atoms with E-state index < -0.39 is 0 Å². The molecule has 0 aromatic carbocycles. The van der Waals surface area contributed by atoms with Crippen LogP contribution in [0, 0.1) is 0 Å². The fourth-order valence-corrected chi connectivity index (χ4v) is 2.20. The minimum Gasteiger partial charge on any atom is -0.370 e. The molecule has 1 aromatic heterocycles. The predicted molar refractivity (Wildman–Crippen MR) is 70.5 cm³/mol. The van der Waals surface area contributed by atoms with Crippen molar-refractivity contribution in [3.63, 3.8) is 0 Å². The van der Waals surface area contributed by atoms with Gasteiger partial charge in [0, 0.05) is 25.7 Å². The second-order valence-corrected chi connectivity index (χ2v) is 4.38. The van der Waals surface area contributed by atoms with E-state index in [2.05, 4.69) is 39.5 Å². The molecule has 2 heterocycles. The maximum Gasteiger partial charge on any atom is 0.134 e. The molecule has 0 bridgehead atoms. The van der Waals surface area contributed by atoms with Crippen LogP contribution in [0.2, 0.25) is 0 Å². The van der Waals surface area contributed by atoms with Crippen LogP contribution in [0.1, 0.15) is 19.8 Å². The summed E-state index contributed by atoms with van der Waals surface area (Å²) in [4.78, 5) is 10.8. The molecule has 5 nitrogen and oxygen atoms in total. The van der Waals surface area contributed by atoms with E-state index in [9.17, 15) is 0 Å². The molecule has 0 atom stereocenters. The van der Waals surface area contributed by atoms with Crippen molar-refractivity contribution in [2.24, 2.45) is 0 Å². The van der Waals surface area contributed by atoms with E-state index in [0.29, 0.717) is 6.04 Å². The maximum atomic E-state index is 4.35. The second kappa shape index (κ2) is 5.82. The van der Waals surface area contributed by atoms with Gasteiger partial charge in [0.15, 0.2) is 0 Å². The van der Waals surface area contributed by atoms with Gasteiger partial charge in [0.1, 0.15) is 18.0 Å². The van der Waals surface area contributed by atoms with Crippen molar-refractivity contribution in [2.45, 2.75) is 25.8 Å². The number of aromatic nitrogens is 2. The maximum absolute atomic E-state index is 4.35. The molecule has 0 aliphatic carbocycles. The fourth-order valence-electron chi connectivity index (χ4n) is 2.20. The molecular formula is C12H21N5. The Morgan fingerprint density at radius 2 is 2.18 bits per heavy atom. The highest BCUT2D eigenvalue weighted by Crippen LogP contribution is 2.19. The highest BCUT2D eigenvalue weighted by atomic mass is 15.2. The quantitative estimate of drug-likeness (QED) is 0.818. The molecule has 0 saturated carbocycles. The van der Waals surface area contributed by atoms with Crippen LogP contribution < -0.4 is 15.5 Å². The van der Waals surface area contributed by atoms with Gasteiger partial charge < -0.3 is 15.5 Å². The summed E-state index contributed by atoms with van der Waals surface area (Å²) < 4.78 is 0. The number of piperidine rings is 1. The fraction of sp³-hybridized carbons (Fsp3) is 0.667. The van der Waals surface area contributed by atoms with Crippen molar-refractivity contribution >= 4 is 11.6 Å². The molecule has 1 aliphatic rings. The molecule has 0 unspecified atom stereocenters. The van der Waals surface area contributed by atoms with Gasteiger partial charge in [-0.15, -0.1) is 0 Å². The van der Waals surface area contributed by atoms with Gasteiger partial charge >= 0.3 is 0 Å². The van der Waals surface area contributed by atoms with Crippen molar-refractivity contribution in [1.82, 2.24) is 15.3 Å². The third-order valence-corrected chi connectivity index (χ3v) is 3.23. The minimum atomic E-state index is 0.584. The van der Waals surface area contributed by atoms with Crippen LogP contribution in [-0.4, -0.2) is 42.7 Å². The molecule has 1 fully saturated rings. The Kier molecular flexibility index (Phi) is 4.14. The zero-order valence-electron chi connectivity index (χ0n) is 10.6. The van der Waals surface area contributed by atoms with E-state index in [1.807, 2.05) is 6.07 Å². The summed E-state index contributed by atoms with van der Waals surface area (Å²) in [5.74, 6) is 1.90. The van der Waals surface area contributed by atoms with E-state index in [1.165, 1.54) is 12.8 Å². The van der Waals surface area contributed by atoms with Crippen LogP contribution >= 0.6 is 0 Å². The molecule has 1 aliphatic heterocycles. The van der Waals surface area contributed by atoms with Crippen LogP contribution in [-0.2, 0) is 0 Å². The number of hydrogen-bond donors (Lipinski definition) is 2. The molecule has 2 N–H and O–H groups in total. The van der Waals surface area contributed by atoms with E-state index >= 15 is 0 Å². The van der Waals surface area contributed by atoms with Gasteiger partial charge in [-0.2, -0.15) is 0 Å². The van der Waals surface area contributed by atoms with Crippen LogP contribution in [0.4, 0.5) is 11.6 Å². The largest absolute Gasteiger partial charge is 0.370 e. The first-order valence-corrected chi connectivity index (χ1v) is 6.30. The zero-order valence-corrected chi connectivity index (χ0v) is 10.6. The first-order valence-electron chi connectivity index (χ1n) is 6.30. The van der Waals surface area contributed by atoms with Crippen molar-refractivity contribution in [3.05, 3.63) is 12.4 Å². The summed E-state index contributed by atoms with van der Waals surface area (Å²) in [5.41, 5.74) is 0. The predicted octanol–water partition coefficient (Wildman–Crippen LogP) is 1.10. The smallest absolute Gasteiger partial charge is 0.134 e. The minimum absolute atomic E-state index is 0.584. The van der Waals surface area contributed by atoms with Crippen molar-refractivity contribution < 1.29 is 0 Å². The van der Waals surface area contributed by atoms with Gasteiger partial charge in [0.05, 0.1) is 0 Å². The highest BCUT2D eigenvalue weighted by Gasteiger charge is 2.19. The van der Waals surface area contributed by atoms with E-state index in [0.717, 1.165) is 31.3 Å². The average molecular weight is 235 g/mol. The normalized spacial score (nSPS) is 16.8. The summed E-state index contributed by atoms with van der Waals surface area (Å²) in [5, 5.41) is 6.60.